The first-order valence-electron chi connectivity index (χ1n) is 0. The summed E-state index contributed by atoms with van der Waals surface area (Å²) in [6.45, 7) is 0. The third-order valence-corrected chi connectivity index (χ3v) is 0. The summed E-state index contributed by atoms with van der Waals surface area (Å²) in [5.41, 5.74) is 0. The summed E-state index contributed by atoms with van der Waals surface area (Å²) in [6, 6.07) is 0. The van der Waals surface area contributed by atoms with E-state index in [0.29, 0.717) is 0 Å². The van der Waals surface area contributed by atoms with Gasteiger partial charge in [-0.2, -0.15) is 0 Å². The molecule has 16 heteroatoms. The zero-order valence-electron chi connectivity index (χ0n) is 24.0. The van der Waals surface area contributed by atoms with Crippen molar-refractivity contribution in [3.8, 4) is 0 Å². The molecule has 0 heterocycles. The van der Waals surface area contributed by atoms with Crippen LogP contribution in [0.3, 0.4) is 0 Å². The van der Waals surface area contributed by atoms with Crippen molar-refractivity contribution in [3.05, 3.63) is 119 Å². The zero-order chi connectivity index (χ0) is 0. The number of hydrogen-bond donors (Lipinski definition) is 0. The molecule has 0 nitrogen and oxygen atoms in total. The van der Waals surface area contributed by atoms with Crippen LogP contribution in [0.1, 0.15) is 74.3 Å². The van der Waals surface area contributed by atoms with Crippen molar-refractivity contribution in [2.75, 3.05) is 0 Å². The molecule has 0 amide bonds. The van der Waals surface area contributed by atoms with Crippen molar-refractivity contribution >= 4 is 0 Å². The van der Waals surface area contributed by atoms with Gasteiger partial charge in [-0.15, -0.1) is 0 Å². The smallest absolute Gasteiger partial charge is 0 e. The van der Waals surface area contributed by atoms with E-state index >= 15 is 0 Å². The topological polar surface area (TPSA) is 0 Å². The van der Waals surface area contributed by atoms with Crippen LogP contribution in [0.4, 0.5) is 0 Å². The zero-order valence-corrected chi connectivity index (χ0v) is 90.6. The Morgan fingerprint density at radius 2 is 0.0714 bits per heavy atom. The summed E-state index contributed by atoms with van der Waals surface area (Å²) in [5, 5.41) is 0. The van der Waals surface area contributed by atoms with E-state index in [-0.39, 0.29) is 691 Å². The maximum Gasteiger partial charge on any atom is 0 e. The predicted molar refractivity (Wildman–Crippen MR) is 170 cm³/mol. The number of rotatable bonds is 0. The molecule has 42 heavy (non-hydrogen) atoms. The van der Waals surface area contributed by atoms with Gasteiger partial charge < -0.3 is 119 Å². The van der Waals surface area contributed by atoms with Gasteiger partial charge in [-0.25, -0.2) is 0 Å². The molecule has 0 aliphatic carbocycles. The van der Waals surface area contributed by atoms with E-state index in [2.05, 4.69) is 0 Å². The van der Waals surface area contributed by atoms with E-state index in [9.17, 15) is 0 Å². The largest absolute Gasteiger partial charge is 0.358 e. The molecule has 0 unspecified atom stereocenters. The average Bonchev–Trinajstić information content (AvgIpc) is 0. The summed E-state index contributed by atoms with van der Waals surface area (Å²) in [6.07, 6.45) is 0. The molecule has 0 bridgehead atoms. The van der Waals surface area contributed by atoms with E-state index in [4.69, 9.17) is 0 Å². The minimum absolute atomic E-state index is 0. The van der Waals surface area contributed by atoms with Crippen LogP contribution in [-0.2, 0) is 0 Å². The Hall–Kier alpha value is 16.8. The maximum atomic E-state index is 0. The second kappa shape index (κ2) is 659. The van der Waals surface area contributed by atoms with Crippen LogP contribution in [0.2, 0.25) is 0 Å². The van der Waals surface area contributed by atoms with Crippen molar-refractivity contribution in [2.45, 2.75) is 74.3 Å². The van der Waals surface area contributed by atoms with Gasteiger partial charge >= 0.3 is 0 Å². The average molecular weight is 4210 g/mol. The van der Waals surface area contributed by atoms with E-state index in [1.54, 1.807) is 0 Å². The second-order valence-corrected chi connectivity index (χ2v) is 0. The van der Waals surface area contributed by atoms with Gasteiger partial charge in [-0.3, -0.25) is 0 Å². The standard InChI is InChI=1S/10CH4.16CH3.16U/h10*1H4;16*1H3;;;;;;;;;;;;;;;;/q;;;;;;;;;;16*-1;;;;;;;;;;;;;;;;. The summed E-state index contributed by atoms with van der Waals surface area (Å²) in [5.74, 6) is 0. The van der Waals surface area contributed by atoms with Crippen LogP contribution in [0, 0.1) is 617 Å². The third kappa shape index (κ3) is 625. The Kier molecular flexibility index (Phi) is 10900. The second-order valence-electron chi connectivity index (χ2n) is 0. The molecule has 0 spiro atoms. The Balaban J connectivity index is 0. The molecule has 0 aromatic rings. The van der Waals surface area contributed by atoms with Crippen LogP contribution >= 0.6 is 0 Å². The Labute approximate surface area is 671 Å². The van der Waals surface area contributed by atoms with Crippen molar-refractivity contribution in [1.82, 2.24) is 0 Å². The molecule has 0 aromatic carbocycles. The van der Waals surface area contributed by atoms with Crippen LogP contribution in [0.15, 0.2) is 0 Å². The van der Waals surface area contributed by atoms with Crippen LogP contribution in [-0.4, -0.2) is 0 Å². The Bertz CT molecular complexity index is 40.3. The normalized spacial score (nSPS) is 0. The SMILES string of the molecule is C.C.C.C.C.C.C.C.C.C.[CH3-].[CH3-].[CH3-].[CH3-].[CH3-].[CH3-].[CH3-].[CH3-].[CH3-].[CH3-].[CH3-].[CH3-].[CH3-].[CH3-].[CH3-].[CH3-].[U].[U].[U].[U].[U].[U].[U].[U].[U].[U].[U].[U].[U].[U].[U].[U]. The Morgan fingerprint density at radius 3 is 0.0714 bits per heavy atom. The van der Waals surface area contributed by atoms with Crippen LogP contribution < -0.4 is 0 Å². The minimum Gasteiger partial charge on any atom is -0.358 e. The first-order chi connectivity index (χ1) is 0. The summed E-state index contributed by atoms with van der Waals surface area (Å²) in [7, 11) is 0. The summed E-state index contributed by atoms with van der Waals surface area (Å²) < 4.78 is 0. The van der Waals surface area contributed by atoms with Gasteiger partial charge in [0, 0.05) is 498 Å². The molecule has 0 rings (SSSR count). The van der Waals surface area contributed by atoms with Crippen molar-refractivity contribution in [2.24, 2.45) is 0 Å². The summed E-state index contributed by atoms with van der Waals surface area (Å²) >= 11 is 0. The molecule has 0 saturated heterocycles. The molecule has 272 valence electrons. The molecule has 0 fully saturated rings. The van der Waals surface area contributed by atoms with Gasteiger partial charge in [-0.05, 0) is 0 Å². The molecular formula is C26H88U16-16. The van der Waals surface area contributed by atoms with Gasteiger partial charge in [0.1, 0.15) is 0 Å². The first-order valence-corrected chi connectivity index (χ1v) is 0. The first kappa shape index (κ1) is 695. The quantitative estimate of drug-likeness (QED) is 0.212. The fourth-order valence-corrected chi connectivity index (χ4v) is 0. The van der Waals surface area contributed by atoms with E-state index in [0.717, 1.165) is 0 Å². The predicted octanol–water partition coefficient (Wildman–Crippen LogP) is 13.6. The van der Waals surface area contributed by atoms with E-state index in [1.807, 2.05) is 0 Å². The van der Waals surface area contributed by atoms with Gasteiger partial charge in [0.25, 0.3) is 0 Å². The fraction of sp³-hybridized carbons (Fsp3) is 0.385. The molecule has 0 N–H and O–H groups in total. The van der Waals surface area contributed by atoms with E-state index < -0.39 is 0 Å². The van der Waals surface area contributed by atoms with Crippen molar-refractivity contribution in [1.29, 1.82) is 0 Å². The van der Waals surface area contributed by atoms with Gasteiger partial charge in [0.15, 0.2) is 0 Å². The van der Waals surface area contributed by atoms with Gasteiger partial charge in [0.05, 0.1) is 0 Å². The van der Waals surface area contributed by atoms with Gasteiger partial charge in [-0.1, -0.05) is 74.3 Å². The van der Waals surface area contributed by atoms with Crippen molar-refractivity contribution < 1.29 is 498 Å². The fourth-order valence-electron chi connectivity index (χ4n) is 0. The molecule has 0 aromatic heterocycles. The Morgan fingerprint density at radius 1 is 0.0714 bits per heavy atom. The van der Waals surface area contributed by atoms with Crippen LogP contribution in [0.25, 0.3) is 0 Å². The monoisotopic (exact) mass is 4210 g/mol. The van der Waals surface area contributed by atoms with E-state index in [1.165, 1.54) is 0 Å². The maximum absolute atomic E-state index is 0. The molecule has 0 aliphatic heterocycles. The minimum atomic E-state index is 0. The molecule has 0 aliphatic rings. The molecule has 0 atom stereocenters. The van der Waals surface area contributed by atoms with Gasteiger partial charge in [0.2, 0.25) is 0 Å². The van der Waals surface area contributed by atoms with Crippen LogP contribution in [0.5, 0.6) is 0 Å². The molecular weight excluding hydrogens is 4120 g/mol. The molecule has 0 radical (unpaired) electrons. The van der Waals surface area contributed by atoms with Crippen molar-refractivity contribution in [3.63, 3.8) is 0 Å². The third-order valence-electron chi connectivity index (χ3n) is 0. The number of hydrogen-bond acceptors (Lipinski definition) is 0. The summed E-state index contributed by atoms with van der Waals surface area (Å²) in [4.78, 5) is 0. The molecule has 0 saturated carbocycles.